The van der Waals surface area contributed by atoms with Gasteiger partial charge in [-0.1, -0.05) is 13.3 Å². The van der Waals surface area contributed by atoms with Crippen molar-refractivity contribution in [3.05, 3.63) is 0 Å². The Labute approximate surface area is 92.6 Å². The SMILES string of the molecule is CCCCN1CC(C)(C)NCC1=O.Cl. The molecule has 0 aromatic carbocycles. The van der Waals surface area contributed by atoms with E-state index in [9.17, 15) is 4.79 Å². The number of piperazine rings is 1. The summed E-state index contributed by atoms with van der Waals surface area (Å²) in [4.78, 5) is 13.4. The van der Waals surface area contributed by atoms with Gasteiger partial charge in [0.05, 0.1) is 6.54 Å². The average Bonchev–Trinajstić information content (AvgIpc) is 2.07. The van der Waals surface area contributed by atoms with Gasteiger partial charge in [-0.15, -0.1) is 12.4 Å². The zero-order chi connectivity index (χ0) is 9.90. The number of carbonyl (C=O) groups excluding carboxylic acids is 1. The predicted molar refractivity (Wildman–Crippen MR) is 60.8 cm³/mol. The van der Waals surface area contributed by atoms with Crippen molar-refractivity contribution in [3.8, 4) is 0 Å². The molecule has 3 nitrogen and oxygen atoms in total. The minimum Gasteiger partial charge on any atom is -0.340 e. The van der Waals surface area contributed by atoms with Crippen molar-refractivity contribution < 1.29 is 4.79 Å². The molecule has 0 spiro atoms. The van der Waals surface area contributed by atoms with E-state index in [1.807, 2.05) is 4.90 Å². The average molecular weight is 221 g/mol. The van der Waals surface area contributed by atoms with Crippen molar-refractivity contribution in [3.63, 3.8) is 0 Å². The molecule has 0 unspecified atom stereocenters. The van der Waals surface area contributed by atoms with Gasteiger partial charge in [0, 0.05) is 18.6 Å². The molecule has 1 amide bonds. The Bertz CT molecular complexity index is 195. The van der Waals surface area contributed by atoms with Crippen LogP contribution in [0.25, 0.3) is 0 Å². The quantitative estimate of drug-likeness (QED) is 0.781. The molecule has 1 rings (SSSR count). The molecule has 0 radical (unpaired) electrons. The maximum absolute atomic E-state index is 11.5. The lowest BCUT2D eigenvalue weighted by atomic mass is 10.0. The van der Waals surface area contributed by atoms with Gasteiger partial charge in [-0.2, -0.15) is 0 Å². The second kappa shape index (κ2) is 5.56. The van der Waals surface area contributed by atoms with Gasteiger partial charge < -0.3 is 10.2 Å². The van der Waals surface area contributed by atoms with E-state index in [1.165, 1.54) is 0 Å². The second-order valence-corrected chi connectivity index (χ2v) is 4.41. The van der Waals surface area contributed by atoms with Crippen molar-refractivity contribution in [2.45, 2.75) is 39.2 Å². The van der Waals surface area contributed by atoms with Crippen LogP contribution in [0.1, 0.15) is 33.6 Å². The lowest BCUT2D eigenvalue weighted by Crippen LogP contribution is -2.59. The second-order valence-electron chi connectivity index (χ2n) is 4.41. The Morgan fingerprint density at radius 3 is 2.71 bits per heavy atom. The third-order valence-corrected chi connectivity index (χ3v) is 2.44. The number of nitrogens with one attached hydrogen (secondary N) is 1. The number of halogens is 1. The number of rotatable bonds is 3. The number of nitrogens with zero attached hydrogens (tertiary/aromatic N) is 1. The first kappa shape index (κ1) is 13.7. The molecule has 1 fully saturated rings. The van der Waals surface area contributed by atoms with Crippen LogP contribution in [-0.4, -0.2) is 36.0 Å². The molecule has 14 heavy (non-hydrogen) atoms. The molecular weight excluding hydrogens is 200 g/mol. The number of hydrogen-bond acceptors (Lipinski definition) is 2. The summed E-state index contributed by atoms with van der Waals surface area (Å²) >= 11 is 0. The van der Waals surface area contributed by atoms with E-state index in [2.05, 4.69) is 26.1 Å². The van der Waals surface area contributed by atoms with Crippen molar-refractivity contribution in [2.75, 3.05) is 19.6 Å². The standard InChI is InChI=1S/C10H20N2O.ClH/c1-4-5-6-12-8-10(2,3)11-7-9(12)13;/h11H,4-8H2,1-3H3;1H. The Kier molecular flexibility index (Phi) is 5.45. The summed E-state index contributed by atoms with van der Waals surface area (Å²) < 4.78 is 0. The van der Waals surface area contributed by atoms with Gasteiger partial charge in [-0.05, 0) is 20.3 Å². The minimum absolute atomic E-state index is 0. The summed E-state index contributed by atoms with van der Waals surface area (Å²) in [5.41, 5.74) is 0.0850. The number of amides is 1. The van der Waals surface area contributed by atoms with Crippen LogP contribution in [0.2, 0.25) is 0 Å². The van der Waals surface area contributed by atoms with Crippen LogP contribution in [0.5, 0.6) is 0 Å². The van der Waals surface area contributed by atoms with Crippen molar-refractivity contribution in [1.82, 2.24) is 10.2 Å². The third kappa shape index (κ3) is 3.84. The molecule has 0 aromatic heterocycles. The van der Waals surface area contributed by atoms with Crippen LogP contribution in [0.4, 0.5) is 0 Å². The summed E-state index contributed by atoms with van der Waals surface area (Å²) in [7, 11) is 0. The van der Waals surface area contributed by atoms with E-state index in [0.29, 0.717) is 6.54 Å². The minimum atomic E-state index is 0. The van der Waals surface area contributed by atoms with Gasteiger partial charge in [0.1, 0.15) is 0 Å². The molecule has 1 aliphatic rings. The predicted octanol–water partition coefficient (Wildman–Crippen LogP) is 1.42. The fraction of sp³-hybridized carbons (Fsp3) is 0.900. The van der Waals surface area contributed by atoms with Gasteiger partial charge in [0.15, 0.2) is 0 Å². The van der Waals surface area contributed by atoms with E-state index in [1.54, 1.807) is 0 Å². The van der Waals surface area contributed by atoms with Gasteiger partial charge in [0.2, 0.25) is 5.91 Å². The summed E-state index contributed by atoms with van der Waals surface area (Å²) in [6, 6.07) is 0. The lowest BCUT2D eigenvalue weighted by molar-refractivity contribution is -0.134. The molecule has 1 N–H and O–H groups in total. The molecule has 0 bridgehead atoms. The fourth-order valence-electron chi connectivity index (χ4n) is 1.60. The monoisotopic (exact) mass is 220 g/mol. The summed E-state index contributed by atoms with van der Waals surface area (Å²) in [6.45, 7) is 8.68. The van der Waals surface area contributed by atoms with Gasteiger partial charge >= 0.3 is 0 Å². The number of hydrogen-bond donors (Lipinski definition) is 1. The van der Waals surface area contributed by atoms with Crippen molar-refractivity contribution in [1.29, 1.82) is 0 Å². The number of carbonyl (C=O) groups is 1. The van der Waals surface area contributed by atoms with Gasteiger partial charge in [-0.3, -0.25) is 4.79 Å². The van der Waals surface area contributed by atoms with Crippen molar-refractivity contribution in [2.24, 2.45) is 0 Å². The normalized spacial score (nSPS) is 20.5. The van der Waals surface area contributed by atoms with E-state index in [4.69, 9.17) is 0 Å². The molecule has 84 valence electrons. The van der Waals surface area contributed by atoms with E-state index < -0.39 is 0 Å². The maximum atomic E-state index is 11.5. The molecule has 0 aliphatic carbocycles. The van der Waals surface area contributed by atoms with E-state index in [0.717, 1.165) is 25.9 Å². The van der Waals surface area contributed by atoms with Crippen LogP contribution >= 0.6 is 12.4 Å². The Morgan fingerprint density at radius 2 is 2.14 bits per heavy atom. The zero-order valence-corrected chi connectivity index (χ0v) is 10.1. The Balaban J connectivity index is 0.00000169. The first-order chi connectivity index (χ1) is 6.05. The third-order valence-electron chi connectivity index (χ3n) is 2.44. The zero-order valence-electron chi connectivity index (χ0n) is 9.30. The lowest BCUT2D eigenvalue weighted by Gasteiger charge is -2.38. The van der Waals surface area contributed by atoms with E-state index in [-0.39, 0.29) is 23.9 Å². The molecule has 1 saturated heterocycles. The van der Waals surface area contributed by atoms with Crippen LogP contribution in [0.3, 0.4) is 0 Å². The summed E-state index contributed by atoms with van der Waals surface area (Å²) in [6.07, 6.45) is 2.26. The highest BCUT2D eigenvalue weighted by atomic mass is 35.5. The first-order valence-corrected chi connectivity index (χ1v) is 5.08. The highest BCUT2D eigenvalue weighted by Gasteiger charge is 2.29. The smallest absolute Gasteiger partial charge is 0.236 e. The molecule has 1 aliphatic heterocycles. The van der Waals surface area contributed by atoms with Gasteiger partial charge in [0.25, 0.3) is 0 Å². The topological polar surface area (TPSA) is 32.3 Å². The van der Waals surface area contributed by atoms with Crippen molar-refractivity contribution >= 4 is 18.3 Å². The van der Waals surface area contributed by atoms with E-state index >= 15 is 0 Å². The fourth-order valence-corrected chi connectivity index (χ4v) is 1.60. The summed E-state index contributed by atoms with van der Waals surface area (Å²) in [5, 5.41) is 3.22. The highest BCUT2D eigenvalue weighted by Crippen LogP contribution is 2.11. The van der Waals surface area contributed by atoms with Crippen LogP contribution in [0, 0.1) is 0 Å². The van der Waals surface area contributed by atoms with Gasteiger partial charge in [-0.25, -0.2) is 0 Å². The summed E-state index contributed by atoms with van der Waals surface area (Å²) in [5.74, 6) is 0.243. The molecule has 1 heterocycles. The Hall–Kier alpha value is -0.280. The molecule has 4 heteroatoms. The molecular formula is C10H21ClN2O. The Morgan fingerprint density at radius 1 is 1.50 bits per heavy atom. The first-order valence-electron chi connectivity index (χ1n) is 5.08. The maximum Gasteiger partial charge on any atom is 0.236 e. The van der Waals surface area contributed by atoms with Crippen LogP contribution in [0.15, 0.2) is 0 Å². The molecule has 0 aromatic rings. The van der Waals surface area contributed by atoms with Crippen LogP contribution < -0.4 is 5.32 Å². The highest BCUT2D eigenvalue weighted by molar-refractivity contribution is 5.85. The van der Waals surface area contributed by atoms with Crippen LogP contribution in [-0.2, 0) is 4.79 Å². The molecule has 0 saturated carbocycles. The molecule has 0 atom stereocenters. The number of unbranched alkanes of at least 4 members (excludes halogenated alkanes) is 1. The largest absolute Gasteiger partial charge is 0.340 e.